The fraction of sp³-hybridized carbons (Fsp3) is 0.833. The number of nitrogens with one attached hydrogen (secondary N) is 1. The Morgan fingerprint density at radius 1 is 1.06 bits per heavy atom. The first-order valence-electron chi connectivity index (χ1n) is 4.66. The van der Waals surface area contributed by atoms with E-state index in [0.717, 1.165) is 0 Å². The molecule has 0 unspecified atom stereocenters. The van der Waals surface area contributed by atoms with Crippen molar-refractivity contribution in [2.24, 2.45) is 4.99 Å². The zero-order valence-corrected chi connectivity index (χ0v) is 8.57. The Labute approximate surface area is 94.0 Å². The van der Waals surface area contributed by atoms with E-state index in [1.165, 1.54) is 0 Å². The highest BCUT2D eigenvalue weighted by atomic mass is 16.7. The van der Waals surface area contributed by atoms with Gasteiger partial charge in [-0.25, -0.2) is 0 Å². The Morgan fingerprint density at radius 2 is 1.59 bits per heavy atom. The zero-order chi connectivity index (χ0) is 13.1. The summed E-state index contributed by atoms with van der Waals surface area (Å²) < 4.78 is 0. The van der Waals surface area contributed by atoms with Crippen LogP contribution >= 0.6 is 0 Å². The van der Waals surface area contributed by atoms with Crippen LogP contribution < -0.4 is 5.32 Å². The molecular formula is C6H9N5O6. The van der Waals surface area contributed by atoms with Crippen LogP contribution in [0.3, 0.4) is 0 Å². The van der Waals surface area contributed by atoms with Crippen LogP contribution in [0, 0.1) is 30.3 Å². The van der Waals surface area contributed by atoms with Crippen molar-refractivity contribution in [3.05, 3.63) is 30.3 Å². The molecule has 0 aromatic rings. The van der Waals surface area contributed by atoms with Gasteiger partial charge >= 0.3 is 11.6 Å². The monoisotopic (exact) mass is 247 g/mol. The molecule has 0 atom stereocenters. The van der Waals surface area contributed by atoms with Gasteiger partial charge in [-0.3, -0.25) is 35.3 Å². The number of nitrogens with zero attached hydrogens (tertiary/aromatic N) is 4. The van der Waals surface area contributed by atoms with Gasteiger partial charge in [0.2, 0.25) is 0 Å². The van der Waals surface area contributed by atoms with E-state index < -0.39 is 26.4 Å². The minimum Gasteiger partial charge on any atom is -0.354 e. The van der Waals surface area contributed by atoms with Gasteiger partial charge in [0, 0.05) is 13.1 Å². The van der Waals surface area contributed by atoms with E-state index in [9.17, 15) is 30.3 Å². The molecule has 11 heteroatoms. The molecule has 0 aliphatic carbocycles. The predicted molar refractivity (Wildman–Crippen MR) is 53.3 cm³/mol. The van der Waals surface area contributed by atoms with Crippen molar-refractivity contribution in [3.63, 3.8) is 0 Å². The van der Waals surface area contributed by atoms with Gasteiger partial charge in [0.15, 0.2) is 14.8 Å². The molecule has 0 radical (unpaired) electrons. The summed E-state index contributed by atoms with van der Waals surface area (Å²) in [5.41, 5.74) is 0. The van der Waals surface area contributed by atoms with Crippen LogP contribution in [0.25, 0.3) is 0 Å². The SMILES string of the molecule is O=[N+]([O-])C(C1=NCCCCN1)([N+](=O)[O-])[N+](=O)[O-]. The fourth-order valence-electron chi connectivity index (χ4n) is 1.37. The third kappa shape index (κ3) is 1.98. The predicted octanol–water partition coefficient (Wildman–Crippen LogP) is -0.748. The van der Waals surface area contributed by atoms with E-state index in [1.54, 1.807) is 0 Å². The Bertz CT molecular complexity index is 356. The van der Waals surface area contributed by atoms with Crippen LogP contribution in [0.5, 0.6) is 0 Å². The third-order valence-electron chi connectivity index (χ3n) is 2.23. The van der Waals surface area contributed by atoms with Crippen LogP contribution in [-0.2, 0) is 0 Å². The second-order valence-electron chi connectivity index (χ2n) is 3.27. The molecule has 0 bridgehead atoms. The number of rotatable bonds is 4. The number of hydrogen-bond donors (Lipinski definition) is 1. The second-order valence-corrected chi connectivity index (χ2v) is 3.27. The van der Waals surface area contributed by atoms with Crippen LogP contribution in [0.15, 0.2) is 4.99 Å². The molecule has 1 N–H and O–H groups in total. The Balaban J connectivity index is 3.30. The molecule has 0 spiro atoms. The van der Waals surface area contributed by atoms with E-state index in [4.69, 9.17) is 0 Å². The van der Waals surface area contributed by atoms with Gasteiger partial charge in [0.1, 0.15) is 0 Å². The fourth-order valence-corrected chi connectivity index (χ4v) is 1.37. The number of hydrogen-bond acceptors (Lipinski definition) is 8. The van der Waals surface area contributed by atoms with Crippen molar-refractivity contribution in [3.8, 4) is 0 Å². The zero-order valence-electron chi connectivity index (χ0n) is 8.57. The Morgan fingerprint density at radius 3 is 2.06 bits per heavy atom. The molecule has 0 aromatic heterocycles. The first-order valence-corrected chi connectivity index (χ1v) is 4.66. The molecule has 0 saturated heterocycles. The topological polar surface area (TPSA) is 154 Å². The summed E-state index contributed by atoms with van der Waals surface area (Å²) in [6.45, 7) is 0.260. The average molecular weight is 247 g/mol. The summed E-state index contributed by atoms with van der Waals surface area (Å²) in [6, 6.07) is 0. The maximum atomic E-state index is 10.7. The molecule has 11 nitrogen and oxygen atoms in total. The molecule has 94 valence electrons. The highest BCUT2D eigenvalue weighted by Crippen LogP contribution is 2.15. The van der Waals surface area contributed by atoms with E-state index in [0.29, 0.717) is 12.8 Å². The van der Waals surface area contributed by atoms with E-state index in [-0.39, 0.29) is 13.1 Å². The molecular weight excluding hydrogens is 238 g/mol. The largest absolute Gasteiger partial charge is 0.760 e. The summed E-state index contributed by atoms with van der Waals surface area (Å²) >= 11 is 0. The van der Waals surface area contributed by atoms with E-state index in [1.807, 2.05) is 0 Å². The van der Waals surface area contributed by atoms with Crippen LogP contribution in [-0.4, -0.2) is 39.5 Å². The van der Waals surface area contributed by atoms with Crippen LogP contribution in [0.4, 0.5) is 0 Å². The lowest BCUT2D eigenvalue weighted by molar-refractivity contribution is -0.945. The van der Waals surface area contributed by atoms with Crippen molar-refractivity contribution in [2.75, 3.05) is 13.1 Å². The summed E-state index contributed by atoms with van der Waals surface area (Å²) in [4.78, 5) is 31.0. The molecule has 1 aliphatic heterocycles. The lowest BCUT2D eigenvalue weighted by Gasteiger charge is -2.10. The summed E-state index contributed by atoms with van der Waals surface area (Å²) in [6.07, 6.45) is 1.13. The van der Waals surface area contributed by atoms with Crippen molar-refractivity contribution < 1.29 is 14.8 Å². The van der Waals surface area contributed by atoms with Gasteiger partial charge < -0.3 is 5.32 Å². The van der Waals surface area contributed by atoms with E-state index >= 15 is 0 Å². The molecule has 0 amide bonds. The molecule has 0 fully saturated rings. The first kappa shape index (κ1) is 12.7. The maximum absolute atomic E-state index is 10.7. The highest BCUT2D eigenvalue weighted by Gasteiger charge is 2.76. The van der Waals surface area contributed by atoms with Gasteiger partial charge in [-0.1, -0.05) is 0 Å². The smallest absolute Gasteiger partial charge is 0.354 e. The normalized spacial score (nSPS) is 16.4. The average Bonchev–Trinajstić information content (AvgIpc) is 2.45. The summed E-state index contributed by atoms with van der Waals surface area (Å²) in [7, 11) is 0. The van der Waals surface area contributed by atoms with Crippen molar-refractivity contribution in [1.82, 2.24) is 5.32 Å². The molecule has 1 rings (SSSR count). The van der Waals surface area contributed by atoms with Crippen molar-refractivity contribution >= 4 is 5.84 Å². The van der Waals surface area contributed by atoms with Crippen LogP contribution in [0.2, 0.25) is 0 Å². The quantitative estimate of drug-likeness (QED) is 0.389. The van der Waals surface area contributed by atoms with Gasteiger partial charge in [-0.2, -0.15) is 0 Å². The minimum atomic E-state index is -3.63. The number of amidine groups is 1. The van der Waals surface area contributed by atoms with Crippen molar-refractivity contribution in [1.29, 1.82) is 0 Å². The minimum absolute atomic E-state index is 0.0829. The summed E-state index contributed by atoms with van der Waals surface area (Å²) in [5.74, 6) is -4.46. The number of nitro groups is 3. The van der Waals surface area contributed by atoms with Crippen molar-refractivity contribution in [2.45, 2.75) is 18.6 Å². The third-order valence-corrected chi connectivity index (χ3v) is 2.23. The standard InChI is InChI=1S/C6H9N5O6/c12-9(13)6(10(14)15,11(16)17)5-7-3-1-2-4-8-5/h1-4H2,(H,7,8). The molecule has 0 saturated carbocycles. The first-order chi connectivity index (χ1) is 7.94. The molecule has 1 heterocycles. The summed E-state index contributed by atoms with van der Waals surface area (Å²) in [5, 5.41) is 34.4. The Kier molecular flexibility index (Phi) is 3.50. The number of aliphatic imine (C=N–C) groups is 1. The maximum Gasteiger partial charge on any atom is 0.760 e. The lowest BCUT2D eigenvalue weighted by atomic mass is 10.3. The Hall–Kier alpha value is -2.33. The van der Waals surface area contributed by atoms with Gasteiger partial charge in [0.25, 0.3) is 0 Å². The van der Waals surface area contributed by atoms with Gasteiger partial charge in [-0.15, -0.1) is 0 Å². The van der Waals surface area contributed by atoms with Gasteiger partial charge in [-0.05, 0) is 12.8 Å². The van der Waals surface area contributed by atoms with Crippen LogP contribution in [0.1, 0.15) is 12.8 Å². The van der Waals surface area contributed by atoms with Gasteiger partial charge in [0.05, 0.1) is 0 Å². The second kappa shape index (κ2) is 4.67. The molecule has 17 heavy (non-hydrogen) atoms. The lowest BCUT2D eigenvalue weighted by Crippen LogP contribution is -2.63. The molecule has 0 aromatic carbocycles. The highest BCUT2D eigenvalue weighted by molar-refractivity contribution is 5.87. The molecule has 1 aliphatic rings. The van der Waals surface area contributed by atoms with E-state index in [2.05, 4.69) is 10.3 Å².